The molecule has 90 valence electrons. The fourth-order valence-corrected chi connectivity index (χ4v) is 1.62. The van der Waals surface area contributed by atoms with E-state index >= 15 is 0 Å². The summed E-state index contributed by atoms with van der Waals surface area (Å²) in [7, 11) is 2.01. The molecular formula is C14H13BFNO. The molecule has 0 fully saturated rings. The maximum Gasteiger partial charge on any atom is 0.251 e. The number of rotatable bonds is 3. The summed E-state index contributed by atoms with van der Waals surface area (Å²) in [6, 6.07) is 13.6. The van der Waals surface area contributed by atoms with Gasteiger partial charge in [-0.15, -0.1) is 0 Å². The number of carbonyl (C=O) groups is 1. The summed E-state index contributed by atoms with van der Waals surface area (Å²) in [5.41, 5.74) is 2.53. The molecule has 2 aromatic rings. The molecule has 0 unspecified atom stereocenters. The van der Waals surface area contributed by atoms with Gasteiger partial charge in [-0.05, 0) is 23.8 Å². The molecule has 0 aliphatic rings. The molecule has 0 radical (unpaired) electrons. The van der Waals surface area contributed by atoms with E-state index in [1.54, 1.807) is 6.07 Å². The zero-order valence-electron chi connectivity index (χ0n) is 10.1. The largest absolute Gasteiger partial charge is 0.348 e. The van der Waals surface area contributed by atoms with Crippen molar-refractivity contribution in [3.63, 3.8) is 0 Å². The average Bonchev–Trinajstić information content (AvgIpc) is 2.38. The number of halogens is 1. The number of benzene rings is 2. The average molecular weight is 241 g/mol. The molecule has 2 aromatic carbocycles. The van der Waals surface area contributed by atoms with E-state index < -0.39 is 5.82 Å². The Balaban J connectivity index is 1.98. The van der Waals surface area contributed by atoms with Crippen LogP contribution in [0.1, 0.15) is 15.9 Å². The summed E-state index contributed by atoms with van der Waals surface area (Å²) in [5, 5.41) is 2.76. The Labute approximate surface area is 106 Å². The molecule has 0 heterocycles. The Hall–Kier alpha value is -2.10. The van der Waals surface area contributed by atoms with Crippen LogP contribution in [0.4, 0.5) is 4.39 Å². The van der Waals surface area contributed by atoms with Crippen LogP contribution in [0.15, 0.2) is 48.5 Å². The van der Waals surface area contributed by atoms with Crippen molar-refractivity contribution in [1.29, 1.82) is 0 Å². The summed E-state index contributed by atoms with van der Waals surface area (Å²) >= 11 is 0. The van der Waals surface area contributed by atoms with Crippen molar-refractivity contribution in [1.82, 2.24) is 5.32 Å². The third-order valence-electron chi connectivity index (χ3n) is 2.66. The second-order valence-corrected chi connectivity index (χ2v) is 4.18. The quantitative estimate of drug-likeness (QED) is 0.798. The second-order valence-electron chi connectivity index (χ2n) is 4.18. The minimum atomic E-state index is -0.405. The van der Waals surface area contributed by atoms with Crippen molar-refractivity contribution in [2.75, 3.05) is 0 Å². The lowest BCUT2D eigenvalue weighted by Crippen LogP contribution is -2.23. The first-order chi connectivity index (χ1) is 8.65. The van der Waals surface area contributed by atoms with Gasteiger partial charge in [-0.25, -0.2) is 4.39 Å². The Kier molecular flexibility index (Phi) is 3.77. The van der Waals surface area contributed by atoms with E-state index in [2.05, 4.69) is 5.32 Å². The molecule has 4 heteroatoms. The standard InChI is InChI=1S/C14H13BFNO/c15-12-6-4-10(5-7-12)9-17-14(18)11-2-1-3-13(16)8-11/h1-8H,9,15H2,(H,17,18). The maximum atomic E-state index is 13.0. The lowest BCUT2D eigenvalue weighted by Gasteiger charge is -2.06. The van der Waals surface area contributed by atoms with Crippen LogP contribution in [-0.2, 0) is 6.54 Å². The number of hydrogen-bond donors (Lipinski definition) is 1. The molecule has 0 aliphatic carbocycles. The van der Waals surface area contributed by atoms with Gasteiger partial charge in [0.25, 0.3) is 5.91 Å². The number of hydrogen-bond acceptors (Lipinski definition) is 1. The minimum absolute atomic E-state index is 0.268. The van der Waals surface area contributed by atoms with Gasteiger partial charge in [-0.1, -0.05) is 35.8 Å². The van der Waals surface area contributed by atoms with Crippen LogP contribution in [-0.4, -0.2) is 13.8 Å². The second kappa shape index (κ2) is 5.49. The Bertz CT molecular complexity index is 554. The molecule has 0 saturated heterocycles. The molecule has 1 N–H and O–H groups in total. The molecule has 18 heavy (non-hydrogen) atoms. The van der Waals surface area contributed by atoms with Gasteiger partial charge in [0.1, 0.15) is 13.7 Å². The minimum Gasteiger partial charge on any atom is -0.348 e. The zero-order chi connectivity index (χ0) is 13.0. The molecule has 2 rings (SSSR count). The van der Waals surface area contributed by atoms with Gasteiger partial charge in [0.15, 0.2) is 0 Å². The van der Waals surface area contributed by atoms with Gasteiger partial charge < -0.3 is 5.32 Å². The van der Waals surface area contributed by atoms with Crippen LogP contribution >= 0.6 is 0 Å². The predicted molar refractivity (Wildman–Crippen MR) is 72.2 cm³/mol. The predicted octanol–water partition coefficient (Wildman–Crippen LogP) is 1.01. The lowest BCUT2D eigenvalue weighted by atomic mass is 9.95. The molecule has 0 spiro atoms. The van der Waals surface area contributed by atoms with Crippen LogP contribution < -0.4 is 10.8 Å². The van der Waals surface area contributed by atoms with Crippen molar-refractivity contribution in [2.45, 2.75) is 6.54 Å². The third-order valence-corrected chi connectivity index (χ3v) is 2.66. The summed E-state index contributed by atoms with van der Waals surface area (Å²) in [5.74, 6) is -0.673. The fraction of sp³-hybridized carbons (Fsp3) is 0.0714. The number of carbonyl (C=O) groups excluding carboxylic acids is 1. The van der Waals surface area contributed by atoms with Crippen molar-refractivity contribution >= 4 is 19.2 Å². The fourth-order valence-electron chi connectivity index (χ4n) is 1.62. The molecule has 0 aliphatic heterocycles. The van der Waals surface area contributed by atoms with E-state index in [0.717, 1.165) is 5.56 Å². The van der Waals surface area contributed by atoms with Crippen LogP contribution in [0, 0.1) is 5.82 Å². The first kappa shape index (κ1) is 12.4. The van der Waals surface area contributed by atoms with Gasteiger partial charge >= 0.3 is 0 Å². The Morgan fingerprint density at radius 2 is 1.89 bits per heavy atom. The van der Waals surface area contributed by atoms with Gasteiger partial charge in [-0.2, -0.15) is 0 Å². The molecule has 1 amide bonds. The third kappa shape index (κ3) is 3.20. The summed E-state index contributed by atoms with van der Waals surface area (Å²) in [6.07, 6.45) is 0. The summed E-state index contributed by atoms with van der Waals surface area (Å²) in [4.78, 5) is 11.8. The zero-order valence-corrected chi connectivity index (χ0v) is 10.1. The van der Waals surface area contributed by atoms with Crippen molar-refractivity contribution in [2.24, 2.45) is 0 Å². The molecule has 2 nitrogen and oxygen atoms in total. The van der Waals surface area contributed by atoms with E-state index in [0.29, 0.717) is 12.1 Å². The van der Waals surface area contributed by atoms with E-state index in [9.17, 15) is 9.18 Å². The van der Waals surface area contributed by atoms with Gasteiger partial charge in [0.2, 0.25) is 0 Å². The lowest BCUT2D eigenvalue weighted by molar-refractivity contribution is 0.0950. The van der Waals surface area contributed by atoms with Crippen LogP contribution in [0.5, 0.6) is 0 Å². The highest BCUT2D eigenvalue weighted by molar-refractivity contribution is 6.32. The van der Waals surface area contributed by atoms with E-state index in [-0.39, 0.29) is 5.91 Å². The van der Waals surface area contributed by atoms with E-state index in [1.807, 2.05) is 32.1 Å². The SMILES string of the molecule is Bc1ccc(CNC(=O)c2cccc(F)c2)cc1. The van der Waals surface area contributed by atoms with Crippen molar-refractivity contribution < 1.29 is 9.18 Å². The van der Waals surface area contributed by atoms with Crippen LogP contribution in [0.25, 0.3) is 0 Å². The summed E-state index contributed by atoms with van der Waals surface area (Å²) in [6.45, 7) is 0.440. The van der Waals surface area contributed by atoms with Gasteiger partial charge in [0.05, 0.1) is 0 Å². The highest BCUT2D eigenvalue weighted by atomic mass is 19.1. The molecular weight excluding hydrogens is 228 g/mol. The Morgan fingerprint density at radius 1 is 1.17 bits per heavy atom. The normalized spacial score (nSPS) is 10.1. The topological polar surface area (TPSA) is 29.1 Å². The Morgan fingerprint density at radius 3 is 2.56 bits per heavy atom. The highest BCUT2D eigenvalue weighted by Gasteiger charge is 2.05. The molecule has 0 aromatic heterocycles. The monoisotopic (exact) mass is 241 g/mol. The van der Waals surface area contributed by atoms with Crippen molar-refractivity contribution in [3.8, 4) is 0 Å². The first-order valence-electron chi connectivity index (χ1n) is 5.74. The molecule has 0 bridgehead atoms. The summed E-state index contributed by atoms with van der Waals surface area (Å²) < 4.78 is 13.0. The number of amides is 1. The van der Waals surface area contributed by atoms with Gasteiger partial charge in [0, 0.05) is 12.1 Å². The molecule has 0 saturated carbocycles. The number of nitrogens with one attached hydrogen (secondary N) is 1. The van der Waals surface area contributed by atoms with Crippen molar-refractivity contribution in [3.05, 3.63) is 65.5 Å². The first-order valence-corrected chi connectivity index (χ1v) is 5.74. The highest BCUT2D eigenvalue weighted by Crippen LogP contribution is 2.04. The van der Waals surface area contributed by atoms with Crippen LogP contribution in [0.2, 0.25) is 0 Å². The van der Waals surface area contributed by atoms with E-state index in [4.69, 9.17) is 0 Å². The van der Waals surface area contributed by atoms with Gasteiger partial charge in [-0.3, -0.25) is 4.79 Å². The maximum absolute atomic E-state index is 13.0. The molecule has 0 atom stereocenters. The van der Waals surface area contributed by atoms with Crippen LogP contribution in [0.3, 0.4) is 0 Å². The smallest absolute Gasteiger partial charge is 0.251 e. The van der Waals surface area contributed by atoms with E-state index in [1.165, 1.54) is 23.7 Å².